The van der Waals surface area contributed by atoms with E-state index in [1.54, 1.807) is 0 Å². The smallest absolute Gasteiger partial charge is 0.123 e. The molecule has 3 aliphatic rings. The van der Waals surface area contributed by atoms with Crippen molar-refractivity contribution in [2.75, 3.05) is 0 Å². The summed E-state index contributed by atoms with van der Waals surface area (Å²) in [6, 6.07) is 32.4. The lowest BCUT2D eigenvalue weighted by Gasteiger charge is -2.31. The maximum atomic E-state index is 11.2. The van der Waals surface area contributed by atoms with E-state index < -0.39 is 5.41 Å². The lowest BCUT2D eigenvalue weighted by atomic mass is 9.69. The Hall–Kier alpha value is -4.36. The van der Waals surface area contributed by atoms with Gasteiger partial charge in [0.15, 0.2) is 0 Å². The van der Waals surface area contributed by atoms with Gasteiger partial charge < -0.3 is 5.11 Å². The second-order valence-corrected chi connectivity index (χ2v) is 9.42. The molecule has 158 valence electrons. The van der Waals surface area contributed by atoms with E-state index in [1.807, 2.05) is 18.2 Å². The fourth-order valence-corrected chi connectivity index (χ4v) is 6.76. The summed E-state index contributed by atoms with van der Waals surface area (Å²) in [4.78, 5) is 0. The molecule has 1 N–H and O–H groups in total. The van der Waals surface area contributed by atoms with E-state index in [4.69, 9.17) is 0 Å². The quantitative estimate of drug-likeness (QED) is 0.329. The minimum absolute atomic E-state index is 0.341. The molecule has 1 heteroatoms. The van der Waals surface area contributed by atoms with Gasteiger partial charge in [0.2, 0.25) is 0 Å². The zero-order chi connectivity index (χ0) is 22.4. The third-order valence-corrected chi connectivity index (χ3v) is 7.94. The number of phenolic OH excluding ortho intramolecular Hbond substituents is 1. The zero-order valence-corrected chi connectivity index (χ0v) is 18.4. The third-order valence-electron chi connectivity index (χ3n) is 7.94. The summed E-state index contributed by atoms with van der Waals surface area (Å²) in [5.41, 5.74) is 7.09. The molecule has 0 radical (unpaired) electrons. The molecule has 0 amide bonds. The van der Waals surface area contributed by atoms with E-state index in [-0.39, 0.29) is 0 Å². The van der Waals surface area contributed by atoms with Crippen molar-refractivity contribution in [1.29, 1.82) is 0 Å². The van der Waals surface area contributed by atoms with Gasteiger partial charge in [0.1, 0.15) is 5.75 Å². The molecular formula is C33H20O. The molecule has 5 aromatic carbocycles. The van der Waals surface area contributed by atoms with Crippen LogP contribution >= 0.6 is 0 Å². The summed E-state index contributed by atoms with van der Waals surface area (Å²) in [6.07, 6.45) is 8.69. The van der Waals surface area contributed by atoms with Gasteiger partial charge in [-0.3, -0.25) is 0 Å². The topological polar surface area (TPSA) is 20.2 Å². The molecule has 1 nitrogen and oxygen atoms in total. The minimum Gasteiger partial charge on any atom is -0.507 e. The first-order valence-electron chi connectivity index (χ1n) is 11.8. The van der Waals surface area contributed by atoms with Crippen LogP contribution < -0.4 is 10.4 Å². The third kappa shape index (κ3) is 1.94. The van der Waals surface area contributed by atoms with Crippen molar-refractivity contribution < 1.29 is 5.11 Å². The Morgan fingerprint density at radius 1 is 0.529 bits per heavy atom. The van der Waals surface area contributed by atoms with Crippen LogP contribution in [0.2, 0.25) is 0 Å². The lowest BCUT2D eigenvalue weighted by Crippen LogP contribution is -2.28. The van der Waals surface area contributed by atoms with Gasteiger partial charge in [-0.2, -0.15) is 0 Å². The van der Waals surface area contributed by atoms with E-state index in [1.165, 1.54) is 54.3 Å². The Balaban J connectivity index is 1.71. The number of allylic oxidation sites excluding steroid dienone is 2. The zero-order valence-electron chi connectivity index (χ0n) is 18.4. The number of hydrogen-bond acceptors (Lipinski definition) is 1. The first-order valence-corrected chi connectivity index (χ1v) is 11.8. The normalized spacial score (nSPS) is 19.9. The van der Waals surface area contributed by atoms with E-state index >= 15 is 0 Å². The van der Waals surface area contributed by atoms with Crippen molar-refractivity contribution in [3.8, 4) is 16.9 Å². The highest BCUT2D eigenvalue weighted by atomic mass is 16.3. The van der Waals surface area contributed by atoms with Gasteiger partial charge in [-0.15, -0.1) is 0 Å². The molecule has 3 aliphatic carbocycles. The van der Waals surface area contributed by atoms with Crippen molar-refractivity contribution in [2.45, 2.75) is 5.41 Å². The van der Waals surface area contributed by atoms with Crippen molar-refractivity contribution in [2.24, 2.45) is 0 Å². The Labute approximate surface area is 196 Å². The summed E-state index contributed by atoms with van der Waals surface area (Å²) in [6.45, 7) is 0. The second-order valence-electron chi connectivity index (χ2n) is 9.42. The first-order chi connectivity index (χ1) is 16.8. The van der Waals surface area contributed by atoms with Gasteiger partial charge in [-0.05, 0) is 65.7 Å². The molecule has 1 spiro atoms. The highest BCUT2D eigenvalue weighted by Gasteiger charge is 2.50. The summed E-state index contributed by atoms with van der Waals surface area (Å²) >= 11 is 0. The molecule has 0 saturated heterocycles. The van der Waals surface area contributed by atoms with Gasteiger partial charge in [0.05, 0.1) is 5.41 Å². The van der Waals surface area contributed by atoms with Crippen molar-refractivity contribution in [3.05, 3.63) is 146 Å². The van der Waals surface area contributed by atoms with Crippen LogP contribution in [0.25, 0.3) is 34.1 Å². The first kappa shape index (κ1) is 18.1. The molecule has 8 rings (SSSR count). The van der Waals surface area contributed by atoms with Crippen LogP contribution in [0.5, 0.6) is 5.75 Å². The van der Waals surface area contributed by atoms with Gasteiger partial charge in [-0.25, -0.2) is 0 Å². The summed E-state index contributed by atoms with van der Waals surface area (Å²) in [5.74, 6) is 0.341. The van der Waals surface area contributed by atoms with Crippen LogP contribution in [-0.4, -0.2) is 5.11 Å². The van der Waals surface area contributed by atoms with Crippen LogP contribution in [0.1, 0.15) is 22.3 Å². The summed E-state index contributed by atoms with van der Waals surface area (Å²) < 4.78 is 0. The highest BCUT2D eigenvalue weighted by Crippen LogP contribution is 2.60. The Bertz CT molecular complexity index is 1900. The van der Waals surface area contributed by atoms with Crippen molar-refractivity contribution >= 4 is 22.9 Å². The van der Waals surface area contributed by atoms with Crippen molar-refractivity contribution in [3.63, 3.8) is 0 Å². The largest absolute Gasteiger partial charge is 0.507 e. The Kier molecular flexibility index (Phi) is 3.28. The molecule has 0 aliphatic heterocycles. The Morgan fingerprint density at radius 2 is 1.12 bits per heavy atom. The second kappa shape index (κ2) is 6.15. The molecule has 0 fully saturated rings. The Morgan fingerprint density at radius 3 is 1.82 bits per heavy atom. The fourth-order valence-electron chi connectivity index (χ4n) is 6.76. The van der Waals surface area contributed by atoms with Gasteiger partial charge in [0.25, 0.3) is 0 Å². The SMILES string of the molecule is Oc1cc2c(c3ccccc13)-c1ccccc1C21c2cccc3c2=c2c1ccc/c2=C/C=C\C=3. The molecule has 34 heavy (non-hydrogen) atoms. The van der Waals surface area contributed by atoms with Crippen LogP contribution in [0.3, 0.4) is 0 Å². The number of fused-ring (bicyclic) bond motifs is 9. The monoisotopic (exact) mass is 432 g/mol. The summed E-state index contributed by atoms with van der Waals surface area (Å²) in [7, 11) is 0. The van der Waals surface area contributed by atoms with Crippen LogP contribution in [0, 0.1) is 10.4 Å². The highest BCUT2D eigenvalue weighted by molar-refractivity contribution is 6.06. The maximum Gasteiger partial charge on any atom is 0.123 e. The number of aromatic hydroxyl groups is 1. The molecule has 0 saturated carbocycles. The van der Waals surface area contributed by atoms with Crippen molar-refractivity contribution in [1.82, 2.24) is 0 Å². The number of phenols is 1. The molecule has 1 atom stereocenters. The summed E-state index contributed by atoms with van der Waals surface area (Å²) in [5, 5.41) is 18.3. The van der Waals surface area contributed by atoms with Crippen LogP contribution in [-0.2, 0) is 5.41 Å². The average molecular weight is 433 g/mol. The maximum absolute atomic E-state index is 11.2. The molecular weight excluding hydrogens is 412 g/mol. The van der Waals surface area contributed by atoms with E-state index in [0.29, 0.717) is 5.75 Å². The number of rotatable bonds is 0. The molecule has 0 aromatic heterocycles. The average Bonchev–Trinajstić information content (AvgIpc) is 3.33. The standard InChI is InChI=1S/C33H20O/c34-29-19-28-32(23-14-4-3-13-22(23)29)24-15-5-6-16-25(24)33(28)26-17-7-11-20-9-1-2-10-21-12-8-18-27(33)31(21)30(20)26/h1-19,34H/b2-1-,9-1?,10-2?,20-9-,21-10?. The minimum atomic E-state index is -0.462. The van der Waals surface area contributed by atoms with E-state index in [9.17, 15) is 5.11 Å². The fraction of sp³-hybridized carbons (Fsp3) is 0.0303. The number of benzene rings is 5. The number of hydrogen-bond donors (Lipinski definition) is 1. The van der Waals surface area contributed by atoms with Gasteiger partial charge >= 0.3 is 0 Å². The molecule has 1 unspecified atom stereocenters. The predicted octanol–water partition coefficient (Wildman–Crippen LogP) is 5.64. The molecule has 5 aromatic rings. The van der Waals surface area contributed by atoms with Crippen LogP contribution in [0.4, 0.5) is 0 Å². The van der Waals surface area contributed by atoms with Gasteiger partial charge in [-0.1, -0.05) is 109 Å². The van der Waals surface area contributed by atoms with Gasteiger partial charge in [0, 0.05) is 5.39 Å². The predicted molar refractivity (Wildman–Crippen MR) is 138 cm³/mol. The van der Waals surface area contributed by atoms with Crippen LogP contribution in [0.15, 0.2) is 103 Å². The van der Waals surface area contributed by atoms with E-state index in [0.717, 1.165) is 10.8 Å². The van der Waals surface area contributed by atoms with E-state index in [2.05, 4.69) is 97.1 Å². The molecule has 0 bridgehead atoms. The lowest BCUT2D eigenvalue weighted by molar-refractivity contribution is 0.480. The molecule has 0 heterocycles.